The summed E-state index contributed by atoms with van der Waals surface area (Å²) in [7, 11) is 0. The van der Waals surface area contributed by atoms with Gasteiger partial charge in [-0.2, -0.15) is 0 Å². The highest BCUT2D eigenvalue weighted by molar-refractivity contribution is 7.26. The molecule has 0 unspecified atom stereocenters. The number of hydrogen-bond acceptors (Lipinski definition) is 4. The number of thiophene rings is 1. The number of benzene rings is 21. The van der Waals surface area contributed by atoms with Crippen LogP contribution < -0.4 is 9.80 Å². The van der Waals surface area contributed by atoms with Crippen LogP contribution in [-0.2, 0) is 0 Å². The molecule has 648 valence electrons. The van der Waals surface area contributed by atoms with Crippen LogP contribution in [0.25, 0.3) is 220 Å². The van der Waals surface area contributed by atoms with E-state index < -0.39 is 0 Å². The maximum atomic E-state index is 6.45. The summed E-state index contributed by atoms with van der Waals surface area (Å²) in [6.45, 7) is 7.90. The second-order valence-corrected chi connectivity index (χ2v) is 36.6. The first-order chi connectivity index (χ1) is 68.3. The molecule has 0 atom stereocenters. The average molecular weight is 1780 g/mol. The minimum atomic E-state index is 0.900. The van der Waals surface area contributed by atoms with E-state index in [2.05, 4.69) is 514 Å². The van der Waals surface area contributed by atoms with Crippen molar-refractivity contribution in [2.24, 2.45) is 0 Å². The molecule has 0 radical (unpaired) electrons. The summed E-state index contributed by atoms with van der Waals surface area (Å²) in [6.07, 6.45) is 3.77. The third-order valence-corrected chi connectivity index (χ3v) is 29.0. The molecule has 0 N–H and O–H groups in total. The second kappa shape index (κ2) is 33.6. The van der Waals surface area contributed by atoms with E-state index in [4.69, 9.17) is 4.42 Å². The molecule has 0 saturated heterocycles. The van der Waals surface area contributed by atoms with Crippen molar-refractivity contribution in [3.63, 3.8) is 0 Å². The smallest absolute Gasteiger partial charge is 0.143 e. The highest BCUT2D eigenvalue weighted by Crippen LogP contribution is 2.48. The largest absolute Gasteiger partial charge is 0.455 e. The highest BCUT2D eigenvalue weighted by Gasteiger charge is 2.24. The molecule has 0 bridgehead atoms. The first-order valence-electron chi connectivity index (χ1n) is 47.0. The summed E-state index contributed by atoms with van der Waals surface area (Å²) in [4.78, 5) is 4.72. The highest BCUT2D eigenvalue weighted by atomic mass is 32.1. The monoisotopic (exact) mass is 1780 g/mol. The molecule has 27 aromatic rings. The fourth-order valence-electron chi connectivity index (χ4n) is 21.2. The molecular formula is C130H86N6OS. The molecular weight excluding hydrogens is 1690 g/mol. The number of rotatable bonds is 17. The number of hydrogen-bond donors (Lipinski definition) is 0. The summed E-state index contributed by atoms with van der Waals surface area (Å²) in [6, 6.07) is 176. The lowest BCUT2D eigenvalue weighted by Gasteiger charge is -2.26. The third kappa shape index (κ3) is 13.8. The molecule has 6 heterocycles. The van der Waals surface area contributed by atoms with Crippen molar-refractivity contribution in [3.8, 4) is 78.4 Å². The van der Waals surface area contributed by atoms with E-state index in [1.54, 1.807) is 0 Å². The Morgan fingerprint density at radius 2 is 0.471 bits per heavy atom. The molecule has 27 rings (SSSR count). The van der Waals surface area contributed by atoms with Crippen molar-refractivity contribution >= 4 is 187 Å². The Morgan fingerprint density at radius 1 is 0.203 bits per heavy atom. The first-order valence-corrected chi connectivity index (χ1v) is 47.8. The number of para-hydroxylation sites is 8. The topological polar surface area (TPSA) is 39.3 Å². The molecule has 21 aromatic carbocycles. The maximum absolute atomic E-state index is 6.45. The van der Waals surface area contributed by atoms with E-state index in [-0.39, 0.29) is 0 Å². The molecule has 0 spiro atoms. The number of aromatic nitrogens is 4. The molecule has 138 heavy (non-hydrogen) atoms. The molecule has 8 heteroatoms. The van der Waals surface area contributed by atoms with Crippen molar-refractivity contribution in [2.75, 3.05) is 9.80 Å². The Kier molecular flexibility index (Phi) is 19.6. The van der Waals surface area contributed by atoms with Gasteiger partial charge in [-0.15, -0.1) is 11.3 Å². The Bertz CT molecular complexity index is 9340. The van der Waals surface area contributed by atoms with Gasteiger partial charge in [0.05, 0.1) is 44.1 Å². The number of furan rings is 1. The van der Waals surface area contributed by atoms with E-state index in [0.29, 0.717) is 0 Å². The van der Waals surface area contributed by atoms with Crippen LogP contribution in [0, 0.1) is 0 Å². The van der Waals surface area contributed by atoms with Crippen LogP contribution in [0.1, 0.15) is 11.1 Å². The average Bonchev–Trinajstić information content (AvgIpc) is 1.58. The van der Waals surface area contributed by atoms with Gasteiger partial charge in [0, 0.05) is 136 Å². The van der Waals surface area contributed by atoms with E-state index in [9.17, 15) is 0 Å². The van der Waals surface area contributed by atoms with E-state index >= 15 is 0 Å². The fourth-order valence-corrected chi connectivity index (χ4v) is 22.4. The van der Waals surface area contributed by atoms with Crippen molar-refractivity contribution in [2.45, 2.75) is 0 Å². The summed E-state index contributed by atoms with van der Waals surface area (Å²) in [5.41, 5.74) is 36.2. The second-order valence-electron chi connectivity index (χ2n) is 35.5. The van der Waals surface area contributed by atoms with Crippen molar-refractivity contribution in [3.05, 3.63) is 510 Å². The van der Waals surface area contributed by atoms with Gasteiger partial charge >= 0.3 is 0 Å². The van der Waals surface area contributed by atoms with Crippen molar-refractivity contribution in [1.82, 2.24) is 18.3 Å². The molecule has 0 aliphatic rings. The summed E-state index contributed by atoms with van der Waals surface area (Å²) >= 11 is 1.87. The van der Waals surface area contributed by atoms with Crippen LogP contribution in [0.2, 0.25) is 0 Å². The van der Waals surface area contributed by atoms with Crippen LogP contribution in [0.4, 0.5) is 34.1 Å². The lowest BCUT2D eigenvalue weighted by Crippen LogP contribution is -2.10. The van der Waals surface area contributed by atoms with E-state index in [1.807, 2.05) is 35.6 Å². The summed E-state index contributed by atoms with van der Waals surface area (Å²) in [5.74, 6) is 0. The van der Waals surface area contributed by atoms with Gasteiger partial charge in [0.15, 0.2) is 0 Å². The molecule has 0 saturated carbocycles. The molecule has 0 aliphatic heterocycles. The standard InChI is InChI=1S/C68H45N3S.C62H41N3O/c1-2-45-22-33-54(34-23-45)71-65-20-9-5-14-59(65)62-44-50(32-43-66(62)71)48-26-24-46(25-27-48)47-28-35-51(36-29-47)69(52-37-30-49(31-38-52)56-16-11-17-61-60-15-6-10-21-67(60)72-68(56)61)53-39-41-55(42-40-53)70-63-18-7-3-12-57(63)58-13-4-8-19-64(58)70;1-2-41-22-29-48(30-23-41)65-59-20-9-5-14-53(59)56-40-44(28-39-60(56)65)42-24-31-45(32-25-42)63(46-33-26-43(27-34-46)50-16-11-17-55-54-15-6-10-21-61(54)66-62(50)55)47-35-37-49(38-36-47)64-57-18-7-3-12-51(57)52-13-4-8-19-58(52)64/h2-44H,1H2;2-40H,1H2. The Hall–Kier alpha value is -18.1. The van der Waals surface area contributed by atoms with Crippen LogP contribution in [-0.4, -0.2) is 18.3 Å². The Balaban J connectivity index is 0.000000143. The molecule has 0 aliphatic carbocycles. The predicted molar refractivity (Wildman–Crippen MR) is 587 cm³/mol. The third-order valence-electron chi connectivity index (χ3n) is 27.8. The molecule has 7 nitrogen and oxygen atoms in total. The lowest BCUT2D eigenvalue weighted by atomic mass is 9.98. The first kappa shape index (κ1) is 80.8. The minimum absolute atomic E-state index is 0.900. The Labute approximate surface area is 801 Å². The van der Waals surface area contributed by atoms with Gasteiger partial charge in [-0.1, -0.05) is 316 Å². The van der Waals surface area contributed by atoms with Crippen molar-refractivity contribution < 1.29 is 4.42 Å². The molecule has 0 fully saturated rings. The zero-order valence-corrected chi connectivity index (χ0v) is 76.1. The Morgan fingerprint density at radius 3 is 0.855 bits per heavy atom. The van der Waals surface area contributed by atoms with Gasteiger partial charge in [-0.3, -0.25) is 0 Å². The van der Waals surface area contributed by atoms with Gasteiger partial charge in [0.25, 0.3) is 0 Å². The van der Waals surface area contributed by atoms with Gasteiger partial charge in [0.1, 0.15) is 11.2 Å². The summed E-state index contributed by atoms with van der Waals surface area (Å²) < 4.78 is 18.6. The zero-order chi connectivity index (χ0) is 91.4. The van der Waals surface area contributed by atoms with Crippen LogP contribution in [0.15, 0.2) is 503 Å². The van der Waals surface area contributed by atoms with E-state index in [0.717, 1.165) is 107 Å². The maximum Gasteiger partial charge on any atom is 0.143 e. The zero-order valence-electron chi connectivity index (χ0n) is 75.3. The van der Waals surface area contributed by atoms with Gasteiger partial charge in [0.2, 0.25) is 0 Å². The summed E-state index contributed by atoms with van der Waals surface area (Å²) in [5, 5.41) is 14.8. The van der Waals surface area contributed by atoms with E-state index in [1.165, 1.54) is 146 Å². The normalized spacial score (nSPS) is 11.7. The minimum Gasteiger partial charge on any atom is -0.455 e. The molecule has 6 aromatic heterocycles. The van der Waals surface area contributed by atoms with Gasteiger partial charge in [-0.25, -0.2) is 0 Å². The quantitative estimate of drug-likeness (QED) is 0.0912. The number of fused-ring (bicyclic) bond motifs is 18. The lowest BCUT2D eigenvalue weighted by molar-refractivity contribution is 0.670. The van der Waals surface area contributed by atoms with Crippen molar-refractivity contribution in [1.29, 1.82) is 0 Å². The number of anilines is 6. The number of nitrogens with zero attached hydrogens (tertiary/aromatic N) is 6. The fraction of sp³-hybridized carbons (Fsp3) is 0. The van der Waals surface area contributed by atoms with Gasteiger partial charge < -0.3 is 32.5 Å². The predicted octanol–water partition coefficient (Wildman–Crippen LogP) is 36.6. The van der Waals surface area contributed by atoms with Gasteiger partial charge in [-0.05, 0) is 255 Å². The van der Waals surface area contributed by atoms with Crippen LogP contribution >= 0.6 is 11.3 Å². The van der Waals surface area contributed by atoms with Crippen LogP contribution in [0.5, 0.6) is 0 Å². The molecule has 0 amide bonds. The SMILES string of the molecule is C=Cc1ccc(-n2c3ccccc3c3cc(-c4ccc(-c5ccc(N(c6ccc(-c7cccc8c7sc7ccccc78)cc6)c6ccc(-n7c8ccccc8c8ccccc87)cc6)cc5)cc4)ccc32)cc1.C=Cc1ccc(-n2c3ccccc3c3cc(-c4ccc(N(c5ccc(-c6cccc7c6oc6ccccc67)cc5)c5ccc(-n6c7ccccc7c7ccccc76)cc5)cc4)ccc32)cc1. The van der Waals surface area contributed by atoms with Crippen LogP contribution in [0.3, 0.4) is 0 Å².